The highest BCUT2D eigenvalue weighted by molar-refractivity contribution is 5.72. The molecule has 0 radical (unpaired) electrons. The van der Waals surface area contributed by atoms with E-state index in [1.807, 2.05) is 18.2 Å². The summed E-state index contributed by atoms with van der Waals surface area (Å²) in [5, 5.41) is 20.6. The third kappa shape index (κ3) is 28.4. The fourth-order valence-corrected chi connectivity index (χ4v) is 8.67. The van der Waals surface area contributed by atoms with Crippen molar-refractivity contribution >= 4 is 23.5 Å². The molecule has 0 aromatic heterocycles. The molecule has 5 heteroatoms. The summed E-state index contributed by atoms with van der Waals surface area (Å²) < 4.78 is 0. The van der Waals surface area contributed by atoms with Crippen molar-refractivity contribution in [3.05, 3.63) is 69.3 Å². The molecule has 2 rings (SSSR count). The standard InChI is InChI=1S/C55H91N3O2/c1-3-5-7-9-11-13-15-17-19-21-23-25-27-29-31-33-35-37-47-57(48-38-36-34-32-30-28-26-24-22-20-18-16-14-12-10-8-6-4-2)54-44-41-51(42-45-54)39-40-52-43-46-55(58(59)60)53(49-52)50-56/h39-46,49H,3-38,47-48H2,1-2H3. The number of unbranched alkanes of at least 4 members (excludes halogenated alkanes) is 34. The van der Waals surface area contributed by atoms with Crippen LogP contribution in [0.15, 0.2) is 42.5 Å². The third-order valence-electron chi connectivity index (χ3n) is 12.6. The predicted molar refractivity (Wildman–Crippen MR) is 263 cm³/mol. The second kappa shape index (κ2) is 38.8. The van der Waals surface area contributed by atoms with E-state index in [2.05, 4.69) is 43.0 Å². The Morgan fingerprint density at radius 2 is 0.767 bits per heavy atom. The number of nitriles is 1. The van der Waals surface area contributed by atoms with Gasteiger partial charge in [-0.2, -0.15) is 5.26 Å². The van der Waals surface area contributed by atoms with Gasteiger partial charge in [-0.15, -0.1) is 0 Å². The van der Waals surface area contributed by atoms with E-state index >= 15 is 0 Å². The molecule has 5 nitrogen and oxygen atoms in total. The van der Waals surface area contributed by atoms with Crippen LogP contribution in [0.4, 0.5) is 11.4 Å². The van der Waals surface area contributed by atoms with Crippen molar-refractivity contribution in [3.63, 3.8) is 0 Å². The van der Waals surface area contributed by atoms with Gasteiger partial charge in [-0.1, -0.05) is 256 Å². The predicted octanol–water partition coefficient (Wildman–Crippen LogP) is 18.5. The van der Waals surface area contributed by atoms with Crippen LogP contribution in [-0.4, -0.2) is 18.0 Å². The Kier molecular flexibility index (Phi) is 34.2. The van der Waals surface area contributed by atoms with Gasteiger partial charge in [0.25, 0.3) is 5.69 Å². The average Bonchev–Trinajstić information content (AvgIpc) is 3.26. The van der Waals surface area contributed by atoms with Crippen molar-refractivity contribution in [2.24, 2.45) is 0 Å². The molecule has 0 heterocycles. The quantitative estimate of drug-likeness (QED) is 0.0289. The summed E-state index contributed by atoms with van der Waals surface area (Å²) in [7, 11) is 0. The molecule has 0 fully saturated rings. The normalized spacial score (nSPS) is 11.4. The monoisotopic (exact) mass is 826 g/mol. The molecule has 2 aromatic carbocycles. The summed E-state index contributed by atoms with van der Waals surface area (Å²) in [6.45, 7) is 6.83. The fraction of sp³-hybridized carbons (Fsp3) is 0.727. The van der Waals surface area contributed by atoms with Crippen LogP contribution in [-0.2, 0) is 0 Å². The smallest absolute Gasteiger partial charge is 0.287 e. The van der Waals surface area contributed by atoms with Gasteiger partial charge in [-0.3, -0.25) is 10.1 Å². The van der Waals surface area contributed by atoms with E-state index in [1.54, 1.807) is 12.1 Å². The van der Waals surface area contributed by atoms with Crippen molar-refractivity contribution in [3.8, 4) is 6.07 Å². The molecule has 0 N–H and O–H groups in total. The summed E-state index contributed by atoms with van der Waals surface area (Å²) in [6.07, 6.45) is 54.5. The minimum absolute atomic E-state index is 0.0901. The van der Waals surface area contributed by atoms with E-state index in [0.717, 1.165) is 24.2 Å². The molecule has 0 spiro atoms. The van der Waals surface area contributed by atoms with Crippen molar-refractivity contribution in [2.75, 3.05) is 18.0 Å². The summed E-state index contributed by atoms with van der Waals surface area (Å²) in [5.74, 6) is 0. The van der Waals surface area contributed by atoms with E-state index in [-0.39, 0.29) is 11.3 Å². The van der Waals surface area contributed by atoms with Gasteiger partial charge in [0.1, 0.15) is 11.6 Å². The van der Waals surface area contributed by atoms with Crippen LogP contribution in [0.1, 0.15) is 262 Å². The molecule has 2 aromatic rings. The first-order chi connectivity index (χ1) is 29.6. The lowest BCUT2D eigenvalue weighted by Gasteiger charge is -2.25. The van der Waals surface area contributed by atoms with Crippen LogP contribution in [0.5, 0.6) is 0 Å². The van der Waals surface area contributed by atoms with Crippen LogP contribution in [0.25, 0.3) is 12.2 Å². The fourth-order valence-electron chi connectivity index (χ4n) is 8.67. The molecule has 60 heavy (non-hydrogen) atoms. The number of hydrogen-bond acceptors (Lipinski definition) is 4. The van der Waals surface area contributed by atoms with Crippen LogP contribution in [0, 0.1) is 21.4 Å². The molecular formula is C55H91N3O2. The van der Waals surface area contributed by atoms with Crippen molar-refractivity contribution in [1.82, 2.24) is 0 Å². The van der Waals surface area contributed by atoms with Gasteiger partial charge < -0.3 is 4.90 Å². The van der Waals surface area contributed by atoms with E-state index in [4.69, 9.17) is 0 Å². The molecule has 0 unspecified atom stereocenters. The lowest BCUT2D eigenvalue weighted by atomic mass is 10.0. The second-order valence-corrected chi connectivity index (χ2v) is 18.1. The average molecular weight is 826 g/mol. The minimum atomic E-state index is -0.501. The maximum atomic E-state index is 11.2. The first-order valence-corrected chi connectivity index (χ1v) is 25.8. The summed E-state index contributed by atoms with van der Waals surface area (Å²) in [5.41, 5.74) is 3.10. The molecule has 0 aliphatic rings. The number of benzene rings is 2. The van der Waals surface area contributed by atoms with Gasteiger partial charge >= 0.3 is 0 Å². The largest absolute Gasteiger partial charge is 0.372 e. The molecule has 338 valence electrons. The first kappa shape index (κ1) is 53.0. The number of nitro groups is 1. The molecule has 0 saturated heterocycles. The van der Waals surface area contributed by atoms with E-state index in [9.17, 15) is 15.4 Å². The molecule has 0 aliphatic carbocycles. The molecule has 0 saturated carbocycles. The third-order valence-corrected chi connectivity index (χ3v) is 12.6. The first-order valence-electron chi connectivity index (χ1n) is 25.8. The summed E-state index contributed by atoms with van der Waals surface area (Å²) in [6, 6.07) is 15.5. The van der Waals surface area contributed by atoms with Gasteiger partial charge in [-0.05, 0) is 48.2 Å². The SMILES string of the molecule is CCCCCCCCCCCCCCCCCCCCN(CCCCCCCCCCCCCCCCCCCC)c1ccc(C=Cc2ccc([N+](=O)[O-])c(C#N)c2)cc1. The highest BCUT2D eigenvalue weighted by Crippen LogP contribution is 2.23. The van der Waals surface area contributed by atoms with Crippen LogP contribution >= 0.6 is 0 Å². The van der Waals surface area contributed by atoms with Crippen molar-refractivity contribution in [1.29, 1.82) is 5.26 Å². The molecule has 0 bridgehead atoms. The van der Waals surface area contributed by atoms with E-state index in [1.165, 1.54) is 243 Å². The zero-order valence-corrected chi connectivity index (χ0v) is 39.2. The van der Waals surface area contributed by atoms with Gasteiger partial charge in [0.2, 0.25) is 0 Å². The van der Waals surface area contributed by atoms with Gasteiger partial charge in [0.15, 0.2) is 0 Å². The number of nitrogens with zero attached hydrogens (tertiary/aromatic N) is 3. The van der Waals surface area contributed by atoms with Crippen LogP contribution in [0.3, 0.4) is 0 Å². The molecule has 0 aliphatic heterocycles. The lowest BCUT2D eigenvalue weighted by molar-refractivity contribution is -0.385. The Bertz CT molecular complexity index is 1320. The molecular weight excluding hydrogens is 735 g/mol. The Morgan fingerprint density at radius 3 is 1.08 bits per heavy atom. The van der Waals surface area contributed by atoms with Gasteiger partial charge in [0.05, 0.1) is 4.92 Å². The number of anilines is 1. The highest BCUT2D eigenvalue weighted by atomic mass is 16.6. The Labute approximate surface area is 370 Å². The highest BCUT2D eigenvalue weighted by Gasteiger charge is 2.13. The molecule has 0 atom stereocenters. The van der Waals surface area contributed by atoms with Crippen LogP contribution in [0.2, 0.25) is 0 Å². The lowest BCUT2D eigenvalue weighted by Crippen LogP contribution is -2.25. The molecule has 0 amide bonds. The topological polar surface area (TPSA) is 70.2 Å². The van der Waals surface area contributed by atoms with E-state index < -0.39 is 4.92 Å². The van der Waals surface area contributed by atoms with Gasteiger partial charge in [0, 0.05) is 24.8 Å². The Balaban J connectivity index is 1.67. The number of rotatable bonds is 42. The summed E-state index contributed by atoms with van der Waals surface area (Å²) >= 11 is 0. The van der Waals surface area contributed by atoms with Gasteiger partial charge in [-0.25, -0.2) is 0 Å². The van der Waals surface area contributed by atoms with Crippen molar-refractivity contribution < 1.29 is 4.92 Å². The summed E-state index contributed by atoms with van der Waals surface area (Å²) in [4.78, 5) is 13.3. The van der Waals surface area contributed by atoms with Crippen molar-refractivity contribution in [2.45, 2.75) is 245 Å². The zero-order valence-electron chi connectivity index (χ0n) is 39.2. The minimum Gasteiger partial charge on any atom is -0.372 e. The number of hydrogen-bond donors (Lipinski definition) is 0. The van der Waals surface area contributed by atoms with E-state index in [0.29, 0.717) is 0 Å². The van der Waals surface area contributed by atoms with Crippen LogP contribution < -0.4 is 4.90 Å². The zero-order chi connectivity index (χ0) is 43.0. The maximum Gasteiger partial charge on any atom is 0.287 e. The Morgan fingerprint density at radius 1 is 0.467 bits per heavy atom. The Hall–Kier alpha value is -3.13. The second-order valence-electron chi connectivity index (χ2n) is 18.1. The number of nitro benzene ring substituents is 1. The maximum absolute atomic E-state index is 11.2.